The van der Waals surface area contributed by atoms with Gasteiger partial charge in [-0.25, -0.2) is 4.79 Å². The highest BCUT2D eigenvalue weighted by atomic mass is 16.5. The van der Waals surface area contributed by atoms with Gasteiger partial charge in [-0.05, 0) is 42.8 Å². The van der Waals surface area contributed by atoms with Crippen LogP contribution in [0.2, 0.25) is 0 Å². The Balaban J connectivity index is 1.59. The van der Waals surface area contributed by atoms with Crippen LogP contribution in [0.1, 0.15) is 29.2 Å². The predicted octanol–water partition coefficient (Wildman–Crippen LogP) is 2.77. The van der Waals surface area contributed by atoms with Crippen molar-refractivity contribution in [2.75, 3.05) is 18.6 Å². The van der Waals surface area contributed by atoms with E-state index in [2.05, 4.69) is 4.74 Å². The Morgan fingerprint density at radius 2 is 2.00 bits per heavy atom. The van der Waals surface area contributed by atoms with Crippen LogP contribution in [0.4, 0.5) is 5.69 Å². The van der Waals surface area contributed by atoms with E-state index in [-0.39, 0.29) is 18.3 Å². The zero-order chi connectivity index (χ0) is 16.2. The van der Waals surface area contributed by atoms with Crippen molar-refractivity contribution in [2.45, 2.75) is 19.4 Å². The molecule has 1 aromatic heterocycles. The maximum absolute atomic E-state index is 11.7. The number of rotatable bonds is 5. The molecule has 1 saturated heterocycles. The van der Waals surface area contributed by atoms with Crippen LogP contribution in [0.25, 0.3) is 0 Å². The largest absolute Gasteiger partial charge is 0.486 e. The fraction of sp³-hybridized carbons (Fsp3) is 0.294. The quantitative estimate of drug-likeness (QED) is 0.794. The molecule has 6 heteroatoms. The minimum atomic E-state index is -0.518. The Morgan fingerprint density at radius 3 is 2.65 bits per heavy atom. The van der Waals surface area contributed by atoms with Crippen molar-refractivity contribution in [1.82, 2.24) is 0 Å². The van der Waals surface area contributed by atoms with Crippen molar-refractivity contribution in [1.29, 1.82) is 0 Å². The van der Waals surface area contributed by atoms with Crippen LogP contribution in [0.5, 0.6) is 5.75 Å². The van der Waals surface area contributed by atoms with Crippen LogP contribution < -0.4 is 9.64 Å². The number of ether oxygens (including phenoxy) is 2. The number of carbonyl (C=O) groups excluding carboxylic acids is 2. The molecule has 120 valence electrons. The summed E-state index contributed by atoms with van der Waals surface area (Å²) >= 11 is 0. The maximum atomic E-state index is 11.7. The third kappa shape index (κ3) is 3.36. The summed E-state index contributed by atoms with van der Waals surface area (Å²) in [4.78, 5) is 24.8. The summed E-state index contributed by atoms with van der Waals surface area (Å²) in [7, 11) is 1.30. The van der Waals surface area contributed by atoms with E-state index in [0.717, 1.165) is 18.7 Å². The van der Waals surface area contributed by atoms with Crippen LogP contribution in [-0.2, 0) is 16.1 Å². The van der Waals surface area contributed by atoms with E-state index in [1.165, 1.54) is 7.11 Å². The first-order valence-corrected chi connectivity index (χ1v) is 7.37. The van der Waals surface area contributed by atoms with Gasteiger partial charge in [0.25, 0.3) is 0 Å². The normalized spacial score (nSPS) is 14.1. The smallest absolute Gasteiger partial charge is 0.373 e. The summed E-state index contributed by atoms with van der Waals surface area (Å²) in [6, 6.07) is 10.6. The number of esters is 1. The third-order valence-electron chi connectivity index (χ3n) is 3.65. The van der Waals surface area contributed by atoms with Gasteiger partial charge in [0.15, 0.2) is 0 Å². The molecular weight excluding hydrogens is 298 g/mol. The molecule has 1 amide bonds. The first-order valence-electron chi connectivity index (χ1n) is 7.37. The molecule has 0 atom stereocenters. The molecule has 0 unspecified atom stereocenters. The molecule has 23 heavy (non-hydrogen) atoms. The van der Waals surface area contributed by atoms with Gasteiger partial charge < -0.3 is 18.8 Å². The first kappa shape index (κ1) is 15.1. The number of hydrogen-bond donors (Lipinski definition) is 0. The molecule has 0 aliphatic carbocycles. The fourth-order valence-corrected chi connectivity index (χ4v) is 2.46. The first-order chi connectivity index (χ1) is 11.2. The van der Waals surface area contributed by atoms with Crippen LogP contribution in [-0.4, -0.2) is 25.5 Å². The summed E-state index contributed by atoms with van der Waals surface area (Å²) in [6.45, 7) is 0.973. The van der Waals surface area contributed by atoms with Gasteiger partial charge >= 0.3 is 5.97 Å². The number of nitrogens with zero attached hydrogens (tertiary/aromatic N) is 1. The summed E-state index contributed by atoms with van der Waals surface area (Å²) in [5.41, 5.74) is 0.880. The SMILES string of the molecule is COC(=O)c1ccc(COc2ccc(N3CCCC3=O)cc2)o1. The predicted molar refractivity (Wildman–Crippen MR) is 82.4 cm³/mol. The average molecular weight is 315 g/mol. The Morgan fingerprint density at radius 1 is 1.22 bits per heavy atom. The zero-order valence-corrected chi connectivity index (χ0v) is 12.8. The van der Waals surface area contributed by atoms with Gasteiger partial charge in [0.05, 0.1) is 7.11 Å². The van der Waals surface area contributed by atoms with E-state index >= 15 is 0 Å². The molecular formula is C17H17NO5. The number of amides is 1. The molecule has 2 heterocycles. The Hall–Kier alpha value is -2.76. The van der Waals surface area contributed by atoms with Gasteiger partial charge in [-0.1, -0.05) is 0 Å². The summed E-state index contributed by atoms with van der Waals surface area (Å²) in [5, 5.41) is 0. The van der Waals surface area contributed by atoms with E-state index in [1.54, 1.807) is 17.0 Å². The topological polar surface area (TPSA) is 69.0 Å². The van der Waals surface area contributed by atoms with Crippen LogP contribution in [0, 0.1) is 0 Å². The second-order valence-electron chi connectivity index (χ2n) is 5.19. The number of anilines is 1. The van der Waals surface area contributed by atoms with Crippen molar-refractivity contribution in [3.05, 3.63) is 47.9 Å². The van der Waals surface area contributed by atoms with E-state index in [4.69, 9.17) is 9.15 Å². The fourth-order valence-electron chi connectivity index (χ4n) is 2.46. The summed E-state index contributed by atoms with van der Waals surface area (Å²) in [5.74, 6) is 0.982. The molecule has 1 aliphatic rings. The zero-order valence-electron chi connectivity index (χ0n) is 12.8. The average Bonchev–Trinajstić information content (AvgIpc) is 3.22. The van der Waals surface area contributed by atoms with Crippen LogP contribution in [0.15, 0.2) is 40.8 Å². The number of hydrogen-bond acceptors (Lipinski definition) is 5. The minimum absolute atomic E-state index is 0.147. The lowest BCUT2D eigenvalue weighted by Crippen LogP contribution is -2.23. The van der Waals surface area contributed by atoms with E-state index in [9.17, 15) is 9.59 Å². The Labute approximate surface area is 133 Å². The molecule has 1 aliphatic heterocycles. The van der Waals surface area contributed by atoms with Gasteiger partial charge in [0.1, 0.15) is 18.1 Å². The van der Waals surface area contributed by atoms with E-state index in [0.29, 0.717) is 17.9 Å². The second kappa shape index (κ2) is 6.56. The lowest BCUT2D eigenvalue weighted by atomic mass is 10.3. The third-order valence-corrected chi connectivity index (χ3v) is 3.65. The number of carbonyl (C=O) groups is 2. The molecule has 0 radical (unpaired) electrons. The molecule has 0 N–H and O–H groups in total. The second-order valence-corrected chi connectivity index (χ2v) is 5.19. The molecule has 1 aromatic carbocycles. The van der Waals surface area contributed by atoms with Crippen molar-refractivity contribution in [3.63, 3.8) is 0 Å². The van der Waals surface area contributed by atoms with Crippen molar-refractivity contribution in [3.8, 4) is 5.75 Å². The van der Waals surface area contributed by atoms with Crippen molar-refractivity contribution >= 4 is 17.6 Å². The Kier molecular flexibility index (Phi) is 4.32. The highest BCUT2D eigenvalue weighted by Gasteiger charge is 2.21. The van der Waals surface area contributed by atoms with Crippen molar-refractivity contribution < 1.29 is 23.5 Å². The van der Waals surface area contributed by atoms with Crippen LogP contribution >= 0.6 is 0 Å². The molecule has 0 bridgehead atoms. The van der Waals surface area contributed by atoms with Gasteiger partial charge in [-0.15, -0.1) is 0 Å². The molecule has 2 aromatic rings. The summed E-state index contributed by atoms with van der Waals surface area (Å²) in [6.07, 6.45) is 1.51. The number of furan rings is 1. The molecule has 0 saturated carbocycles. The molecule has 3 rings (SSSR count). The highest BCUT2D eigenvalue weighted by Crippen LogP contribution is 2.24. The van der Waals surface area contributed by atoms with Gasteiger partial charge in [0, 0.05) is 18.7 Å². The van der Waals surface area contributed by atoms with Gasteiger partial charge in [-0.2, -0.15) is 0 Å². The van der Waals surface area contributed by atoms with Crippen molar-refractivity contribution in [2.24, 2.45) is 0 Å². The van der Waals surface area contributed by atoms with E-state index < -0.39 is 5.97 Å². The van der Waals surface area contributed by atoms with E-state index in [1.807, 2.05) is 24.3 Å². The molecule has 0 spiro atoms. The van der Waals surface area contributed by atoms with Gasteiger partial charge in [-0.3, -0.25) is 4.79 Å². The molecule has 1 fully saturated rings. The van der Waals surface area contributed by atoms with Crippen LogP contribution in [0.3, 0.4) is 0 Å². The lowest BCUT2D eigenvalue weighted by molar-refractivity contribution is -0.117. The minimum Gasteiger partial charge on any atom is -0.486 e. The number of benzene rings is 1. The number of methoxy groups -OCH3 is 1. The van der Waals surface area contributed by atoms with Gasteiger partial charge in [0.2, 0.25) is 11.7 Å². The highest BCUT2D eigenvalue weighted by molar-refractivity contribution is 5.95. The maximum Gasteiger partial charge on any atom is 0.373 e. The monoisotopic (exact) mass is 315 g/mol. The summed E-state index contributed by atoms with van der Waals surface area (Å²) < 4.78 is 15.5. The Bertz CT molecular complexity index is 704. The lowest BCUT2D eigenvalue weighted by Gasteiger charge is -2.15. The molecule has 6 nitrogen and oxygen atoms in total. The standard InChI is InChI=1S/C17H17NO5/c1-21-17(20)15-9-8-14(23-15)11-22-13-6-4-12(5-7-13)18-10-2-3-16(18)19/h4-9H,2-3,10-11H2,1H3.